The predicted molar refractivity (Wildman–Crippen MR) is 89.4 cm³/mol. The number of hydrogen-bond donors (Lipinski definition) is 2. The van der Waals surface area contributed by atoms with Gasteiger partial charge in [-0.3, -0.25) is 14.6 Å². The van der Waals surface area contributed by atoms with Gasteiger partial charge in [0.15, 0.2) is 0 Å². The minimum atomic E-state index is -0.379. The Morgan fingerprint density at radius 1 is 1.35 bits per heavy atom. The molecule has 6 nitrogen and oxygen atoms in total. The molecule has 2 saturated heterocycles. The topological polar surface area (TPSA) is 65.0 Å². The van der Waals surface area contributed by atoms with Crippen LogP contribution in [0.4, 0.5) is 0 Å². The third-order valence-corrected chi connectivity index (χ3v) is 5.40. The van der Waals surface area contributed by atoms with Crippen molar-refractivity contribution in [3.05, 3.63) is 22.4 Å². The fourth-order valence-corrected chi connectivity index (χ4v) is 3.86. The highest BCUT2D eigenvalue weighted by atomic mass is 32.1. The van der Waals surface area contributed by atoms with Crippen molar-refractivity contribution < 1.29 is 14.6 Å². The zero-order chi connectivity index (χ0) is 16.1. The van der Waals surface area contributed by atoms with E-state index in [-0.39, 0.29) is 18.1 Å². The molecule has 3 rings (SSSR count). The lowest BCUT2D eigenvalue weighted by Gasteiger charge is -2.28. The molecule has 2 N–H and O–H groups in total. The molecular weight excluding hydrogens is 314 g/mol. The van der Waals surface area contributed by atoms with E-state index in [4.69, 9.17) is 4.74 Å². The zero-order valence-corrected chi connectivity index (χ0v) is 14.1. The van der Waals surface area contributed by atoms with E-state index < -0.39 is 0 Å². The second-order valence-corrected chi connectivity index (χ2v) is 7.23. The Morgan fingerprint density at radius 2 is 2.26 bits per heavy atom. The van der Waals surface area contributed by atoms with Gasteiger partial charge >= 0.3 is 0 Å². The smallest absolute Gasteiger partial charge is 0.234 e. The lowest BCUT2D eigenvalue weighted by atomic mass is 10.2. The van der Waals surface area contributed by atoms with Gasteiger partial charge in [0, 0.05) is 18.0 Å². The first-order valence-electron chi connectivity index (χ1n) is 8.23. The molecule has 128 valence electrons. The zero-order valence-electron chi connectivity index (χ0n) is 13.3. The molecule has 2 atom stereocenters. The maximum atomic E-state index is 12.1. The molecule has 0 radical (unpaired) electrons. The molecule has 1 aromatic heterocycles. The third-order valence-electron chi connectivity index (χ3n) is 4.52. The number of aliphatic hydroxyl groups is 1. The molecule has 0 spiro atoms. The molecule has 2 aliphatic heterocycles. The normalized spacial score (nSPS) is 27.0. The van der Waals surface area contributed by atoms with Gasteiger partial charge < -0.3 is 15.2 Å². The first-order chi connectivity index (χ1) is 11.2. The van der Waals surface area contributed by atoms with Crippen LogP contribution in [0, 0.1) is 0 Å². The summed E-state index contributed by atoms with van der Waals surface area (Å²) < 4.78 is 5.35. The van der Waals surface area contributed by atoms with Crippen molar-refractivity contribution in [2.75, 3.05) is 45.9 Å². The fraction of sp³-hybridized carbons (Fsp3) is 0.688. The summed E-state index contributed by atoms with van der Waals surface area (Å²) in [7, 11) is 0. The molecule has 0 unspecified atom stereocenters. The number of ether oxygens (including phenoxy) is 1. The predicted octanol–water partition coefficient (Wildman–Crippen LogP) is 0.132. The summed E-state index contributed by atoms with van der Waals surface area (Å²) in [4.78, 5) is 17.8. The summed E-state index contributed by atoms with van der Waals surface area (Å²) in [5, 5.41) is 15.0. The number of hydrogen-bond acceptors (Lipinski definition) is 6. The molecule has 1 amide bonds. The van der Waals surface area contributed by atoms with Crippen LogP contribution in [0.3, 0.4) is 0 Å². The van der Waals surface area contributed by atoms with E-state index >= 15 is 0 Å². The van der Waals surface area contributed by atoms with Crippen LogP contribution in [0.25, 0.3) is 0 Å². The highest BCUT2D eigenvalue weighted by Crippen LogP contribution is 2.15. The number of aliphatic hydroxyl groups excluding tert-OH is 1. The average molecular weight is 339 g/mol. The number of nitrogens with one attached hydrogen (secondary N) is 1. The number of carbonyl (C=O) groups excluding carboxylic acids is 1. The molecule has 7 heteroatoms. The largest absolute Gasteiger partial charge is 0.389 e. The second-order valence-electron chi connectivity index (χ2n) is 6.19. The summed E-state index contributed by atoms with van der Waals surface area (Å²) in [5.41, 5.74) is 0. The van der Waals surface area contributed by atoms with Crippen molar-refractivity contribution >= 4 is 17.2 Å². The van der Waals surface area contributed by atoms with Crippen LogP contribution in [0.15, 0.2) is 17.5 Å². The van der Waals surface area contributed by atoms with Gasteiger partial charge in [-0.05, 0) is 31.0 Å². The molecule has 0 aliphatic carbocycles. The van der Waals surface area contributed by atoms with Gasteiger partial charge in [-0.15, -0.1) is 11.3 Å². The van der Waals surface area contributed by atoms with E-state index in [0.717, 1.165) is 32.6 Å². The van der Waals surface area contributed by atoms with Gasteiger partial charge in [0.05, 0.1) is 38.4 Å². The van der Waals surface area contributed by atoms with Crippen molar-refractivity contribution in [3.63, 3.8) is 0 Å². The van der Waals surface area contributed by atoms with Crippen LogP contribution in [0.1, 0.15) is 11.3 Å². The SMILES string of the molecule is O=C(CN1CCCN([C@@H]2COC[C@H]2O)CC1)NCc1cccs1. The monoisotopic (exact) mass is 339 g/mol. The molecule has 23 heavy (non-hydrogen) atoms. The maximum Gasteiger partial charge on any atom is 0.234 e. The quantitative estimate of drug-likeness (QED) is 0.798. The standard InChI is InChI=1S/C16H25N3O3S/c20-15-12-22-11-14(15)19-5-2-4-18(6-7-19)10-16(21)17-9-13-3-1-8-23-13/h1,3,8,14-15,20H,2,4-7,9-12H2,(H,17,21)/t14-,15-/m1/s1. The number of carbonyl (C=O) groups is 1. The van der Waals surface area contributed by atoms with Crippen molar-refractivity contribution in [2.24, 2.45) is 0 Å². The van der Waals surface area contributed by atoms with E-state index in [1.54, 1.807) is 11.3 Å². The van der Waals surface area contributed by atoms with E-state index in [1.807, 2.05) is 17.5 Å². The Hall–Kier alpha value is -0.990. The average Bonchev–Trinajstić information content (AvgIpc) is 3.15. The van der Waals surface area contributed by atoms with Gasteiger partial charge in [-0.25, -0.2) is 0 Å². The summed E-state index contributed by atoms with van der Waals surface area (Å²) in [6, 6.07) is 4.14. The summed E-state index contributed by atoms with van der Waals surface area (Å²) in [6.45, 7) is 5.73. The number of amides is 1. The lowest BCUT2D eigenvalue weighted by Crippen LogP contribution is -2.45. The molecule has 3 heterocycles. The van der Waals surface area contributed by atoms with Crippen LogP contribution in [-0.4, -0.2) is 78.9 Å². The van der Waals surface area contributed by atoms with Crippen LogP contribution >= 0.6 is 11.3 Å². The van der Waals surface area contributed by atoms with Crippen molar-refractivity contribution in [2.45, 2.75) is 25.1 Å². The molecule has 0 aromatic carbocycles. The number of nitrogens with zero attached hydrogens (tertiary/aromatic N) is 2. The molecule has 2 fully saturated rings. The van der Waals surface area contributed by atoms with Gasteiger partial charge in [-0.2, -0.15) is 0 Å². The highest BCUT2D eigenvalue weighted by molar-refractivity contribution is 7.09. The Kier molecular flexibility index (Phi) is 6.02. The molecule has 0 bridgehead atoms. The van der Waals surface area contributed by atoms with Crippen LogP contribution in [-0.2, 0) is 16.1 Å². The minimum Gasteiger partial charge on any atom is -0.389 e. The van der Waals surface area contributed by atoms with Crippen LogP contribution in [0.5, 0.6) is 0 Å². The Morgan fingerprint density at radius 3 is 3.00 bits per heavy atom. The minimum absolute atomic E-state index is 0.0797. The molecular formula is C16H25N3O3S. The fourth-order valence-electron chi connectivity index (χ4n) is 3.22. The third kappa shape index (κ3) is 4.74. The number of rotatable bonds is 5. The first kappa shape index (κ1) is 16.9. The van der Waals surface area contributed by atoms with E-state index in [9.17, 15) is 9.90 Å². The van der Waals surface area contributed by atoms with Gasteiger partial charge in [-0.1, -0.05) is 6.07 Å². The Balaban J connectivity index is 1.41. The van der Waals surface area contributed by atoms with E-state index in [2.05, 4.69) is 15.1 Å². The van der Waals surface area contributed by atoms with E-state index in [0.29, 0.717) is 26.3 Å². The molecule has 2 aliphatic rings. The highest BCUT2D eigenvalue weighted by Gasteiger charge is 2.32. The molecule has 1 aromatic rings. The van der Waals surface area contributed by atoms with Gasteiger partial charge in [0.1, 0.15) is 0 Å². The maximum absolute atomic E-state index is 12.1. The summed E-state index contributed by atoms with van der Waals surface area (Å²) >= 11 is 1.66. The Bertz CT molecular complexity index is 497. The number of thiophene rings is 1. The van der Waals surface area contributed by atoms with Crippen molar-refractivity contribution in [3.8, 4) is 0 Å². The lowest BCUT2D eigenvalue weighted by molar-refractivity contribution is -0.122. The first-order valence-corrected chi connectivity index (χ1v) is 9.11. The summed E-state index contributed by atoms with van der Waals surface area (Å²) in [5.74, 6) is 0.0797. The Labute approximate surface area is 141 Å². The summed E-state index contributed by atoms with van der Waals surface area (Å²) in [6.07, 6.45) is 0.636. The van der Waals surface area contributed by atoms with Gasteiger partial charge in [0.2, 0.25) is 5.91 Å². The van der Waals surface area contributed by atoms with Crippen LogP contribution < -0.4 is 5.32 Å². The van der Waals surface area contributed by atoms with Gasteiger partial charge in [0.25, 0.3) is 0 Å². The second kappa shape index (κ2) is 8.21. The molecule has 0 saturated carbocycles. The van der Waals surface area contributed by atoms with Crippen molar-refractivity contribution in [1.82, 2.24) is 15.1 Å². The van der Waals surface area contributed by atoms with Crippen molar-refractivity contribution in [1.29, 1.82) is 0 Å². The van der Waals surface area contributed by atoms with E-state index in [1.165, 1.54) is 4.88 Å². The van der Waals surface area contributed by atoms with Crippen LogP contribution in [0.2, 0.25) is 0 Å².